The van der Waals surface area contributed by atoms with Crippen LogP contribution in [0.3, 0.4) is 0 Å². The van der Waals surface area contributed by atoms with Crippen molar-refractivity contribution in [3.63, 3.8) is 0 Å². The maximum absolute atomic E-state index is 9.92. The van der Waals surface area contributed by atoms with Gasteiger partial charge in [0.2, 0.25) is 0 Å². The molecular formula is C4H10NO3+. The van der Waals surface area contributed by atoms with Crippen molar-refractivity contribution in [2.45, 2.75) is 12.5 Å². The Bertz CT molecular complexity index is 83.4. The van der Waals surface area contributed by atoms with Crippen LogP contribution in [0, 0.1) is 0 Å². The van der Waals surface area contributed by atoms with E-state index in [-0.39, 0.29) is 13.0 Å². The molecule has 4 nitrogen and oxygen atoms in total. The number of carboxylic acids is 1. The third-order valence-corrected chi connectivity index (χ3v) is 0.827. The van der Waals surface area contributed by atoms with E-state index in [2.05, 4.69) is 5.73 Å². The van der Waals surface area contributed by atoms with Crippen molar-refractivity contribution in [3.8, 4) is 0 Å². The lowest BCUT2D eigenvalue weighted by Gasteiger charge is -1.96. The van der Waals surface area contributed by atoms with E-state index in [9.17, 15) is 4.79 Å². The van der Waals surface area contributed by atoms with Crippen LogP contribution in [0.5, 0.6) is 0 Å². The summed E-state index contributed by atoms with van der Waals surface area (Å²) in [4.78, 5) is 9.92. The number of hydrogen-bond donors (Lipinski definition) is 3. The van der Waals surface area contributed by atoms with Gasteiger partial charge in [-0.1, -0.05) is 0 Å². The second-order valence-corrected chi connectivity index (χ2v) is 1.55. The first-order valence-corrected chi connectivity index (χ1v) is 2.35. The number of aliphatic hydroxyl groups excluding tert-OH is 1. The van der Waals surface area contributed by atoms with Crippen LogP contribution < -0.4 is 5.73 Å². The van der Waals surface area contributed by atoms with Gasteiger partial charge in [0.15, 0.2) is 6.04 Å². The van der Waals surface area contributed by atoms with Gasteiger partial charge in [-0.2, -0.15) is 0 Å². The molecule has 0 fully saturated rings. The lowest BCUT2D eigenvalue weighted by molar-refractivity contribution is -0.409. The lowest BCUT2D eigenvalue weighted by Crippen LogP contribution is -2.65. The molecule has 5 N–H and O–H groups in total. The van der Waals surface area contributed by atoms with Gasteiger partial charge in [-0.15, -0.1) is 0 Å². The normalized spacial score (nSPS) is 13.2. The molecule has 48 valence electrons. The molecule has 8 heavy (non-hydrogen) atoms. The quantitative estimate of drug-likeness (QED) is 0.405. The molecular weight excluding hydrogens is 110 g/mol. The molecule has 0 rings (SSSR count). The second-order valence-electron chi connectivity index (χ2n) is 1.55. The first-order chi connectivity index (χ1) is 3.68. The fourth-order valence-corrected chi connectivity index (χ4v) is 0.279. The van der Waals surface area contributed by atoms with E-state index in [0.717, 1.165) is 0 Å². The minimum atomic E-state index is -0.959. The Morgan fingerprint density at radius 1 is 1.75 bits per heavy atom. The molecule has 0 saturated heterocycles. The zero-order valence-corrected chi connectivity index (χ0v) is 4.50. The summed E-state index contributed by atoms with van der Waals surface area (Å²) < 4.78 is 0. The van der Waals surface area contributed by atoms with E-state index in [1.165, 1.54) is 0 Å². The molecule has 0 amide bonds. The zero-order valence-electron chi connectivity index (χ0n) is 4.50. The molecule has 1 unspecified atom stereocenters. The molecule has 0 aliphatic heterocycles. The summed E-state index contributed by atoms with van der Waals surface area (Å²) in [6, 6.07) is -0.667. The van der Waals surface area contributed by atoms with Crippen molar-refractivity contribution >= 4 is 5.97 Å². The van der Waals surface area contributed by atoms with Crippen molar-refractivity contribution < 1.29 is 20.7 Å². The number of quaternary nitrogens is 1. The first-order valence-electron chi connectivity index (χ1n) is 2.35. The zero-order chi connectivity index (χ0) is 6.57. The summed E-state index contributed by atoms with van der Waals surface area (Å²) in [7, 11) is 0. The minimum Gasteiger partial charge on any atom is -0.477 e. The molecule has 0 aromatic heterocycles. The van der Waals surface area contributed by atoms with Gasteiger partial charge in [-0.25, -0.2) is 4.79 Å². The Kier molecular flexibility index (Phi) is 3.14. The summed E-state index contributed by atoms with van der Waals surface area (Å²) in [5, 5.41) is 16.3. The summed E-state index contributed by atoms with van der Waals surface area (Å²) in [5.74, 6) is -0.959. The first kappa shape index (κ1) is 7.39. The maximum Gasteiger partial charge on any atom is 0.362 e. The molecule has 4 heteroatoms. The highest BCUT2D eigenvalue weighted by atomic mass is 16.4. The van der Waals surface area contributed by atoms with Crippen LogP contribution in [-0.4, -0.2) is 28.8 Å². The Hall–Kier alpha value is -0.610. The van der Waals surface area contributed by atoms with Crippen LogP contribution in [0.4, 0.5) is 0 Å². The maximum atomic E-state index is 9.92. The number of hydrogen-bond acceptors (Lipinski definition) is 2. The Labute approximate surface area is 46.9 Å². The summed E-state index contributed by atoms with van der Waals surface area (Å²) in [6.07, 6.45) is 0.231. The third-order valence-electron chi connectivity index (χ3n) is 0.827. The van der Waals surface area contributed by atoms with Crippen LogP contribution in [0.2, 0.25) is 0 Å². The van der Waals surface area contributed by atoms with Gasteiger partial charge in [0, 0.05) is 13.0 Å². The lowest BCUT2D eigenvalue weighted by atomic mass is 10.2. The molecule has 0 radical (unpaired) electrons. The largest absolute Gasteiger partial charge is 0.477 e. The van der Waals surface area contributed by atoms with Crippen molar-refractivity contribution in [2.75, 3.05) is 6.61 Å². The molecule has 0 saturated carbocycles. The predicted molar refractivity (Wildman–Crippen MR) is 26.0 cm³/mol. The average molecular weight is 120 g/mol. The Morgan fingerprint density at radius 3 is 2.38 bits per heavy atom. The third kappa shape index (κ3) is 2.54. The van der Waals surface area contributed by atoms with Gasteiger partial charge < -0.3 is 15.9 Å². The number of aliphatic carboxylic acids is 1. The molecule has 0 aromatic rings. The summed E-state index contributed by atoms with van der Waals surface area (Å²) in [5.41, 5.74) is 3.27. The van der Waals surface area contributed by atoms with Gasteiger partial charge in [0.1, 0.15) is 0 Å². The van der Waals surface area contributed by atoms with Crippen molar-refractivity contribution in [1.29, 1.82) is 0 Å². The van der Waals surface area contributed by atoms with E-state index in [4.69, 9.17) is 10.2 Å². The molecule has 1 atom stereocenters. The fourth-order valence-electron chi connectivity index (χ4n) is 0.279. The van der Waals surface area contributed by atoms with Gasteiger partial charge >= 0.3 is 5.97 Å². The number of carbonyl (C=O) groups is 1. The van der Waals surface area contributed by atoms with E-state index in [0.29, 0.717) is 0 Å². The average Bonchev–Trinajstić information content (AvgIpc) is 1.67. The van der Waals surface area contributed by atoms with Crippen molar-refractivity contribution in [1.82, 2.24) is 0 Å². The molecule has 0 heterocycles. The van der Waals surface area contributed by atoms with Crippen LogP contribution in [0.25, 0.3) is 0 Å². The summed E-state index contributed by atoms with van der Waals surface area (Å²) >= 11 is 0. The standard InChI is InChI=1S/C4H9NO3/c5-3(1-2-6)4(7)8/h3,6H,1-2,5H2,(H,7,8)/p+1. The van der Waals surface area contributed by atoms with Crippen LogP contribution in [0.15, 0.2) is 0 Å². The second kappa shape index (κ2) is 3.40. The predicted octanol–water partition coefficient (Wildman–Crippen LogP) is -1.94. The van der Waals surface area contributed by atoms with Crippen LogP contribution in [-0.2, 0) is 4.79 Å². The van der Waals surface area contributed by atoms with Gasteiger partial charge in [0.05, 0.1) is 0 Å². The topological polar surface area (TPSA) is 85.2 Å². The number of rotatable bonds is 3. The molecule has 0 aromatic carbocycles. The van der Waals surface area contributed by atoms with Crippen LogP contribution >= 0.6 is 0 Å². The van der Waals surface area contributed by atoms with Crippen molar-refractivity contribution in [3.05, 3.63) is 0 Å². The van der Waals surface area contributed by atoms with E-state index in [1.807, 2.05) is 0 Å². The summed E-state index contributed by atoms with van der Waals surface area (Å²) in [6.45, 7) is -0.111. The number of carboxylic acid groups (broad SMARTS) is 1. The van der Waals surface area contributed by atoms with E-state index >= 15 is 0 Å². The Balaban J connectivity index is 3.32. The molecule has 0 bridgehead atoms. The van der Waals surface area contributed by atoms with Gasteiger partial charge in [0.25, 0.3) is 0 Å². The SMILES string of the molecule is [NH3+]C(CCO)C(=O)O. The molecule has 0 aliphatic rings. The van der Waals surface area contributed by atoms with E-state index < -0.39 is 12.0 Å². The highest BCUT2D eigenvalue weighted by Crippen LogP contribution is 1.81. The van der Waals surface area contributed by atoms with Gasteiger partial charge in [-0.05, 0) is 0 Å². The smallest absolute Gasteiger partial charge is 0.362 e. The minimum absolute atomic E-state index is 0.111. The molecule has 0 spiro atoms. The monoisotopic (exact) mass is 120 g/mol. The van der Waals surface area contributed by atoms with E-state index in [1.54, 1.807) is 0 Å². The van der Waals surface area contributed by atoms with Crippen LogP contribution in [0.1, 0.15) is 6.42 Å². The van der Waals surface area contributed by atoms with Gasteiger partial charge in [-0.3, -0.25) is 0 Å². The Morgan fingerprint density at radius 2 is 2.25 bits per heavy atom. The highest BCUT2D eigenvalue weighted by molar-refractivity contribution is 5.71. The fraction of sp³-hybridized carbons (Fsp3) is 0.750. The van der Waals surface area contributed by atoms with Crippen molar-refractivity contribution in [2.24, 2.45) is 0 Å². The molecule has 0 aliphatic carbocycles. The number of aliphatic hydroxyl groups is 1. The highest BCUT2D eigenvalue weighted by Gasteiger charge is 2.12.